The third kappa shape index (κ3) is 2.48. The molecule has 4 heteroatoms. The lowest BCUT2D eigenvalue weighted by Gasteiger charge is -2.32. The Morgan fingerprint density at radius 2 is 2.25 bits per heavy atom. The highest BCUT2D eigenvalue weighted by Gasteiger charge is 2.44. The van der Waals surface area contributed by atoms with Crippen LogP contribution in [0.25, 0.3) is 0 Å². The Hall–Kier alpha value is -0.970. The second-order valence-corrected chi connectivity index (χ2v) is 6.29. The summed E-state index contributed by atoms with van der Waals surface area (Å²) in [6.45, 7) is 4.14. The Morgan fingerprint density at radius 1 is 1.40 bits per heavy atom. The van der Waals surface area contributed by atoms with E-state index in [9.17, 15) is 5.11 Å². The maximum Gasteiger partial charge on any atom is 0.0673 e. The smallest absolute Gasteiger partial charge is 0.0673 e. The van der Waals surface area contributed by atoms with Crippen molar-refractivity contribution in [2.75, 3.05) is 13.1 Å². The summed E-state index contributed by atoms with van der Waals surface area (Å²) in [5.74, 6) is 1.07. The van der Waals surface area contributed by atoms with Gasteiger partial charge in [-0.05, 0) is 37.3 Å². The number of hydrogen-bond acceptors (Lipinski definition) is 4. The molecule has 20 heavy (non-hydrogen) atoms. The van der Waals surface area contributed by atoms with Crippen LogP contribution in [0.3, 0.4) is 0 Å². The van der Waals surface area contributed by atoms with E-state index in [1.54, 1.807) is 0 Å². The van der Waals surface area contributed by atoms with Crippen LogP contribution in [0.15, 0.2) is 24.4 Å². The Kier molecular flexibility index (Phi) is 4.06. The molecule has 5 atom stereocenters. The summed E-state index contributed by atoms with van der Waals surface area (Å²) >= 11 is 0. The van der Waals surface area contributed by atoms with Gasteiger partial charge in [-0.1, -0.05) is 13.0 Å². The standard InChI is InChI=1S/C16H25N3O/c1-2-13(17)16(14-5-3-4-8-18-14)19-9-11-6-7-15(20)12(11)10-19/h3-5,8,11-13,15-16,20H,2,6-7,9-10,17H2,1H3. The average molecular weight is 275 g/mol. The maximum absolute atomic E-state index is 10.1. The molecule has 0 bridgehead atoms. The lowest BCUT2D eigenvalue weighted by Crippen LogP contribution is -2.41. The van der Waals surface area contributed by atoms with Crippen molar-refractivity contribution in [3.8, 4) is 0 Å². The van der Waals surface area contributed by atoms with Crippen LogP contribution < -0.4 is 5.73 Å². The van der Waals surface area contributed by atoms with Crippen LogP contribution in [0.5, 0.6) is 0 Å². The third-order valence-corrected chi connectivity index (χ3v) is 5.11. The molecule has 1 aliphatic carbocycles. The first-order valence-corrected chi connectivity index (χ1v) is 7.79. The highest BCUT2D eigenvalue weighted by Crippen LogP contribution is 2.41. The number of nitrogens with two attached hydrogens (primary N) is 1. The van der Waals surface area contributed by atoms with Crippen LogP contribution in [0.1, 0.15) is 37.9 Å². The second-order valence-electron chi connectivity index (χ2n) is 6.29. The molecule has 5 unspecified atom stereocenters. The predicted molar refractivity (Wildman–Crippen MR) is 79.0 cm³/mol. The Balaban J connectivity index is 1.81. The van der Waals surface area contributed by atoms with E-state index in [1.165, 1.54) is 0 Å². The van der Waals surface area contributed by atoms with Gasteiger partial charge in [0.25, 0.3) is 0 Å². The molecule has 1 aliphatic heterocycles. The minimum absolute atomic E-state index is 0.0980. The molecule has 3 N–H and O–H groups in total. The first-order valence-electron chi connectivity index (χ1n) is 7.79. The fourth-order valence-electron chi connectivity index (χ4n) is 3.95. The number of pyridine rings is 1. The van der Waals surface area contributed by atoms with Crippen LogP contribution in [0, 0.1) is 11.8 Å². The van der Waals surface area contributed by atoms with E-state index in [1.807, 2.05) is 18.3 Å². The van der Waals surface area contributed by atoms with Gasteiger partial charge in [0.1, 0.15) is 0 Å². The van der Waals surface area contributed by atoms with E-state index in [2.05, 4.69) is 22.9 Å². The van der Waals surface area contributed by atoms with Gasteiger partial charge in [-0.15, -0.1) is 0 Å². The van der Waals surface area contributed by atoms with Gasteiger partial charge in [0.2, 0.25) is 0 Å². The first-order chi connectivity index (χ1) is 9.70. The van der Waals surface area contributed by atoms with Crippen LogP contribution in [-0.2, 0) is 0 Å². The molecule has 0 aromatic carbocycles. The first kappa shape index (κ1) is 14.0. The monoisotopic (exact) mass is 275 g/mol. The molecule has 2 aliphatic rings. The van der Waals surface area contributed by atoms with Gasteiger partial charge in [0.05, 0.1) is 17.8 Å². The lowest BCUT2D eigenvalue weighted by atomic mass is 9.99. The molecule has 2 heterocycles. The van der Waals surface area contributed by atoms with E-state index in [0.717, 1.165) is 38.0 Å². The molecule has 3 rings (SSSR count). The van der Waals surface area contributed by atoms with Gasteiger partial charge in [0.15, 0.2) is 0 Å². The van der Waals surface area contributed by atoms with Crippen molar-refractivity contribution in [3.05, 3.63) is 30.1 Å². The minimum Gasteiger partial charge on any atom is -0.393 e. The fraction of sp³-hybridized carbons (Fsp3) is 0.688. The number of aromatic nitrogens is 1. The van der Waals surface area contributed by atoms with E-state index in [4.69, 9.17) is 5.73 Å². The van der Waals surface area contributed by atoms with Crippen molar-refractivity contribution in [2.45, 2.75) is 44.4 Å². The summed E-state index contributed by atoms with van der Waals surface area (Å²) in [6, 6.07) is 6.33. The summed E-state index contributed by atoms with van der Waals surface area (Å²) in [4.78, 5) is 6.97. The van der Waals surface area contributed by atoms with E-state index < -0.39 is 0 Å². The Bertz CT molecular complexity index is 439. The largest absolute Gasteiger partial charge is 0.393 e. The zero-order chi connectivity index (χ0) is 14.1. The summed E-state index contributed by atoms with van der Waals surface area (Å²) in [5.41, 5.74) is 7.44. The van der Waals surface area contributed by atoms with Crippen LogP contribution in [-0.4, -0.2) is 40.2 Å². The topological polar surface area (TPSA) is 62.4 Å². The van der Waals surface area contributed by atoms with Crippen molar-refractivity contribution in [1.29, 1.82) is 0 Å². The highest BCUT2D eigenvalue weighted by molar-refractivity contribution is 5.13. The maximum atomic E-state index is 10.1. The molecule has 2 fully saturated rings. The summed E-state index contributed by atoms with van der Waals surface area (Å²) in [5, 5.41) is 10.1. The molecule has 1 saturated carbocycles. The van der Waals surface area contributed by atoms with Crippen LogP contribution in [0.2, 0.25) is 0 Å². The van der Waals surface area contributed by atoms with Crippen molar-refractivity contribution < 1.29 is 5.11 Å². The van der Waals surface area contributed by atoms with Crippen molar-refractivity contribution in [2.24, 2.45) is 17.6 Å². The molecule has 1 aromatic heterocycles. The fourth-order valence-corrected chi connectivity index (χ4v) is 3.95. The second kappa shape index (κ2) is 5.80. The van der Waals surface area contributed by atoms with E-state index in [-0.39, 0.29) is 18.2 Å². The van der Waals surface area contributed by atoms with Gasteiger partial charge in [-0.2, -0.15) is 0 Å². The van der Waals surface area contributed by atoms with Crippen molar-refractivity contribution in [1.82, 2.24) is 9.88 Å². The summed E-state index contributed by atoms with van der Waals surface area (Å²) in [6.07, 6.45) is 4.79. The third-order valence-electron chi connectivity index (χ3n) is 5.11. The number of rotatable bonds is 4. The molecular formula is C16H25N3O. The molecular weight excluding hydrogens is 250 g/mol. The zero-order valence-corrected chi connectivity index (χ0v) is 12.2. The lowest BCUT2D eigenvalue weighted by molar-refractivity contribution is 0.113. The summed E-state index contributed by atoms with van der Waals surface area (Å²) in [7, 11) is 0. The Labute approximate surface area is 121 Å². The molecule has 0 spiro atoms. The predicted octanol–water partition coefficient (Wildman–Crippen LogP) is 1.56. The molecule has 1 saturated heterocycles. The quantitative estimate of drug-likeness (QED) is 0.875. The molecule has 4 nitrogen and oxygen atoms in total. The molecule has 110 valence electrons. The van der Waals surface area contributed by atoms with Gasteiger partial charge in [-0.25, -0.2) is 0 Å². The number of aliphatic hydroxyl groups is 1. The minimum atomic E-state index is -0.118. The van der Waals surface area contributed by atoms with Gasteiger partial charge >= 0.3 is 0 Å². The zero-order valence-electron chi connectivity index (χ0n) is 12.2. The number of fused-ring (bicyclic) bond motifs is 1. The van der Waals surface area contributed by atoms with Crippen LogP contribution >= 0.6 is 0 Å². The molecule has 0 amide bonds. The highest BCUT2D eigenvalue weighted by atomic mass is 16.3. The van der Waals surface area contributed by atoms with Crippen molar-refractivity contribution >= 4 is 0 Å². The molecule has 0 radical (unpaired) electrons. The number of aliphatic hydroxyl groups excluding tert-OH is 1. The Morgan fingerprint density at radius 3 is 2.90 bits per heavy atom. The SMILES string of the molecule is CCC(N)C(c1ccccn1)N1CC2CCC(O)C2C1. The van der Waals surface area contributed by atoms with Gasteiger partial charge in [-0.3, -0.25) is 9.88 Å². The van der Waals surface area contributed by atoms with Crippen LogP contribution in [0.4, 0.5) is 0 Å². The average Bonchev–Trinajstić information content (AvgIpc) is 3.03. The number of hydrogen-bond donors (Lipinski definition) is 2. The van der Waals surface area contributed by atoms with Gasteiger partial charge < -0.3 is 10.8 Å². The van der Waals surface area contributed by atoms with E-state index in [0.29, 0.717) is 11.8 Å². The van der Waals surface area contributed by atoms with Crippen molar-refractivity contribution in [3.63, 3.8) is 0 Å². The summed E-state index contributed by atoms with van der Waals surface area (Å²) < 4.78 is 0. The molecule has 1 aromatic rings. The van der Waals surface area contributed by atoms with Gasteiger partial charge in [0, 0.05) is 31.2 Å². The number of nitrogens with zero attached hydrogens (tertiary/aromatic N) is 2. The number of likely N-dealkylation sites (tertiary alicyclic amines) is 1. The van der Waals surface area contributed by atoms with E-state index >= 15 is 0 Å². The normalized spacial score (nSPS) is 33.0.